The summed E-state index contributed by atoms with van der Waals surface area (Å²) in [6.07, 6.45) is 1.92. The predicted octanol–water partition coefficient (Wildman–Crippen LogP) is 2.94. The van der Waals surface area contributed by atoms with Crippen molar-refractivity contribution in [3.63, 3.8) is 0 Å². The number of rotatable bonds is 5. The van der Waals surface area contributed by atoms with Crippen molar-refractivity contribution in [1.82, 2.24) is 0 Å². The van der Waals surface area contributed by atoms with Gasteiger partial charge in [0.15, 0.2) is 0 Å². The molecule has 0 bridgehead atoms. The Morgan fingerprint density at radius 1 is 1.40 bits per heavy atom. The molecule has 0 saturated heterocycles. The molecule has 2 nitrogen and oxygen atoms in total. The number of halogens is 2. The number of hydrogen-bond donors (Lipinski definition) is 2. The van der Waals surface area contributed by atoms with E-state index in [2.05, 4.69) is 5.32 Å². The molecule has 0 amide bonds. The topological polar surface area (TPSA) is 38.0 Å². The third kappa shape index (κ3) is 3.68. The molecular weight excluding hydrogens is 215 g/mol. The van der Waals surface area contributed by atoms with E-state index in [9.17, 15) is 4.39 Å². The van der Waals surface area contributed by atoms with Crippen LogP contribution in [0.1, 0.15) is 18.4 Å². The third-order valence-electron chi connectivity index (χ3n) is 2.19. The average Bonchev–Trinajstić information content (AvgIpc) is 2.20. The van der Waals surface area contributed by atoms with E-state index in [0.29, 0.717) is 22.8 Å². The first-order valence-electron chi connectivity index (χ1n) is 5.04. The number of nitrogens with two attached hydrogens (primary N) is 1. The molecule has 4 heteroatoms. The lowest BCUT2D eigenvalue weighted by Crippen LogP contribution is -2.06. The van der Waals surface area contributed by atoms with E-state index in [4.69, 9.17) is 17.3 Å². The molecule has 1 aromatic rings. The van der Waals surface area contributed by atoms with E-state index in [-0.39, 0.29) is 5.82 Å². The van der Waals surface area contributed by atoms with Gasteiger partial charge < -0.3 is 11.1 Å². The second kappa shape index (κ2) is 5.93. The van der Waals surface area contributed by atoms with Crippen LogP contribution in [0.2, 0.25) is 5.02 Å². The number of benzene rings is 1. The summed E-state index contributed by atoms with van der Waals surface area (Å²) in [5.74, 6) is -0.235. The zero-order chi connectivity index (χ0) is 11.3. The second-order valence-corrected chi connectivity index (χ2v) is 3.91. The van der Waals surface area contributed by atoms with Gasteiger partial charge in [-0.15, -0.1) is 0 Å². The Morgan fingerprint density at radius 3 is 2.80 bits per heavy atom. The summed E-state index contributed by atoms with van der Waals surface area (Å²) in [7, 11) is 0. The van der Waals surface area contributed by atoms with Crippen LogP contribution in [0.25, 0.3) is 0 Å². The minimum absolute atomic E-state index is 0.235. The summed E-state index contributed by atoms with van der Waals surface area (Å²) < 4.78 is 13.2. The molecule has 0 atom stereocenters. The standard InChI is InChI=1S/C11H16ClFN2/c1-8-6-9(12)11(7-10(8)13)15-5-3-2-4-14/h6-7,15H,2-5,14H2,1H3. The molecule has 1 aromatic carbocycles. The molecule has 0 unspecified atom stereocenters. The maximum atomic E-state index is 13.2. The SMILES string of the molecule is Cc1cc(Cl)c(NCCCCN)cc1F. The van der Waals surface area contributed by atoms with Crippen molar-refractivity contribution >= 4 is 17.3 Å². The van der Waals surface area contributed by atoms with Gasteiger partial charge in [0, 0.05) is 6.54 Å². The fourth-order valence-corrected chi connectivity index (χ4v) is 1.56. The van der Waals surface area contributed by atoms with Crippen LogP contribution < -0.4 is 11.1 Å². The van der Waals surface area contributed by atoms with Crippen LogP contribution in [0.5, 0.6) is 0 Å². The molecular formula is C11H16ClFN2. The Balaban J connectivity index is 2.57. The van der Waals surface area contributed by atoms with Crippen molar-refractivity contribution in [2.24, 2.45) is 5.73 Å². The highest BCUT2D eigenvalue weighted by Crippen LogP contribution is 2.24. The van der Waals surface area contributed by atoms with E-state index < -0.39 is 0 Å². The molecule has 84 valence electrons. The maximum absolute atomic E-state index is 13.2. The monoisotopic (exact) mass is 230 g/mol. The molecule has 0 spiro atoms. The maximum Gasteiger partial charge on any atom is 0.128 e. The quantitative estimate of drug-likeness (QED) is 0.764. The predicted molar refractivity (Wildman–Crippen MR) is 62.9 cm³/mol. The summed E-state index contributed by atoms with van der Waals surface area (Å²) in [6, 6.07) is 3.06. The number of nitrogens with one attached hydrogen (secondary N) is 1. The summed E-state index contributed by atoms with van der Waals surface area (Å²) in [5, 5.41) is 3.65. The van der Waals surface area contributed by atoms with Crippen molar-refractivity contribution in [1.29, 1.82) is 0 Å². The van der Waals surface area contributed by atoms with E-state index in [1.807, 2.05) is 0 Å². The number of anilines is 1. The summed E-state index contributed by atoms with van der Waals surface area (Å²) in [6.45, 7) is 3.14. The van der Waals surface area contributed by atoms with Gasteiger partial charge in [-0.25, -0.2) is 4.39 Å². The lowest BCUT2D eigenvalue weighted by atomic mass is 10.2. The van der Waals surface area contributed by atoms with Crippen LogP contribution in [0.3, 0.4) is 0 Å². The van der Waals surface area contributed by atoms with E-state index in [0.717, 1.165) is 19.4 Å². The summed E-state index contributed by atoms with van der Waals surface area (Å²) >= 11 is 5.96. The van der Waals surface area contributed by atoms with E-state index in [1.54, 1.807) is 13.0 Å². The van der Waals surface area contributed by atoms with Gasteiger partial charge in [-0.2, -0.15) is 0 Å². The fourth-order valence-electron chi connectivity index (χ4n) is 1.27. The largest absolute Gasteiger partial charge is 0.384 e. The Labute approximate surface area is 94.6 Å². The Kier molecular flexibility index (Phi) is 4.85. The zero-order valence-electron chi connectivity index (χ0n) is 8.82. The minimum Gasteiger partial charge on any atom is -0.384 e. The molecule has 0 aliphatic rings. The lowest BCUT2D eigenvalue weighted by Gasteiger charge is -2.09. The molecule has 3 N–H and O–H groups in total. The lowest BCUT2D eigenvalue weighted by molar-refractivity contribution is 0.619. The first-order chi connectivity index (χ1) is 7.15. The highest BCUT2D eigenvalue weighted by Gasteiger charge is 2.04. The third-order valence-corrected chi connectivity index (χ3v) is 2.51. The molecule has 0 saturated carbocycles. The molecule has 0 aliphatic heterocycles. The molecule has 0 aliphatic carbocycles. The van der Waals surface area contributed by atoms with Crippen molar-refractivity contribution in [3.8, 4) is 0 Å². The highest BCUT2D eigenvalue weighted by molar-refractivity contribution is 6.33. The molecule has 0 radical (unpaired) electrons. The zero-order valence-corrected chi connectivity index (χ0v) is 9.57. The van der Waals surface area contributed by atoms with Gasteiger partial charge in [0.1, 0.15) is 5.82 Å². The Hall–Kier alpha value is -0.800. The fraction of sp³-hybridized carbons (Fsp3) is 0.455. The molecule has 0 heterocycles. The van der Waals surface area contributed by atoms with Gasteiger partial charge in [0.2, 0.25) is 0 Å². The Morgan fingerprint density at radius 2 is 2.13 bits per heavy atom. The van der Waals surface area contributed by atoms with Crippen LogP contribution in [-0.4, -0.2) is 13.1 Å². The van der Waals surface area contributed by atoms with Gasteiger partial charge in [-0.05, 0) is 44.0 Å². The average molecular weight is 231 g/mol. The van der Waals surface area contributed by atoms with Crippen LogP contribution in [0.15, 0.2) is 12.1 Å². The van der Waals surface area contributed by atoms with Crippen LogP contribution >= 0.6 is 11.6 Å². The second-order valence-electron chi connectivity index (χ2n) is 3.50. The van der Waals surface area contributed by atoms with Crippen LogP contribution in [0.4, 0.5) is 10.1 Å². The van der Waals surface area contributed by atoms with Crippen molar-refractivity contribution < 1.29 is 4.39 Å². The number of aryl methyl sites for hydroxylation is 1. The van der Waals surface area contributed by atoms with Crippen molar-refractivity contribution in [2.45, 2.75) is 19.8 Å². The van der Waals surface area contributed by atoms with Gasteiger partial charge in [-0.1, -0.05) is 11.6 Å². The van der Waals surface area contributed by atoms with Gasteiger partial charge >= 0.3 is 0 Å². The molecule has 0 aromatic heterocycles. The van der Waals surface area contributed by atoms with Crippen LogP contribution in [-0.2, 0) is 0 Å². The van der Waals surface area contributed by atoms with Gasteiger partial charge in [-0.3, -0.25) is 0 Å². The first-order valence-corrected chi connectivity index (χ1v) is 5.42. The van der Waals surface area contributed by atoms with Gasteiger partial charge in [0.05, 0.1) is 10.7 Å². The van der Waals surface area contributed by atoms with Crippen molar-refractivity contribution in [3.05, 3.63) is 28.5 Å². The summed E-state index contributed by atoms with van der Waals surface area (Å²) in [5.41, 5.74) is 6.58. The number of hydrogen-bond acceptors (Lipinski definition) is 2. The summed E-state index contributed by atoms with van der Waals surface area (Å²) in [4.78, 5) is 0. The van der Waals surface area contributed by atoms with E-state index in [1.165, 1.54) is 6.07 Å². The van der Waals surface area contributed by atoms with E-state index >= 15 is 0 Å². The smallest absolute Gasteiger partial charge is 0.128 e. The Bertz CT molecular complexity index is 329. The van der Waals surface area contributed by atoms with Crippen molar-refractivity contribution in [2.75, 3.05) is 18.4 Å². The molecule has 0 fully saturated rings. The van der Waals surface area contributed by atoms with Gasteiger partial charge in [0.25, 0.3) is 0 Å². The number of unbranched alkanes of at least 4 members (excludes halogenated alkanes) is 1. The molecule has 15 heavy (non-hydrogen) atoms. The van der Waals surface area contributed by atoms with Crippen LogP contribution in [0, 0.1) is 12.7 Å². The minimum atomic E-state index is -0.235. The normalized spacial score (nSPS) is 10.4. The molecule has 1 rings (SSSR count). The highest BCUT2D eigenvalue weighted by atomic mass is 35.5. The first kappa shape index (κ1) is 12.3.